The molecule has 0 amide bonds. The molecular formula is C15H22N4. The smallest absolute Gasteiger partial charge is 0.152 e. The van der Waals surface area contributed by atoms with Crippen LogP contribution < -0.4 is 11.1 Å². The summed E-state index contributed by atoms with van der Waals surface area (Å²) in [7, 11) is 0. The van der Waals surface area contributed by atoms with Crippen LogP contribution in [-0.4, -0.2) is 9.78 Å². The third kappa shape index (κ3) is 3.50. The standard InChI is InChI=1S/C15H22N4/c1-4-14-9-15(18-19(14)10-11(2)3)17-13-7-5-6-12(16)8-13/h5-9,11H,4,10,16H2,1-3H3,(H,17,18). The number of hydrogen-bond donors (Lipinski definition) is 2. The van der Waals surface area contributed by atoms with Crippen LogP contribution in [0, 0.1) is 5.92 Å². The van der Waals surface area contributed by atoms with E-state index in [0.717, 1.165) is 30.2 Å². The number of rotatable bonds is 5. The molecule has 0 aliphatic heterocycles. The minimum atomic E-state index is 0.588. The average molecular weight is 258 g/mol. The summed E-state index contributed by atoms with van der Waals surface area (Å²) in [4.78, 5) is 0. The van der Waals surface area contributed by atoms with Crippen molar-refractivity contribution in [2.45, 2.75) is 33.7 Å². The summed E-state index contributed by atoms with van der Waals surface area (Å²) in [6, 6.07) is 9.81. The number of benzene rings is 1. The number of nitrogens with one attached hydrogen (secondary N) is 1. The monoisotopic (exact) mass is 258 g/mol. The Labute approximate surface area is 114 Å². The minimum Gasteiger partial charge on any atom is -0.399 e. The van der Waals surface area contributed by atoms with Gasteiger partial charge in [0.15, 0.2) is 5.82 Å². The maximum atomic E-state index is 5.77. The van der Waals surface area contributed by atoms with Crippen LogP contribution in [0.2, 0.25) is 0 Å². The molecule has 0 aliphatic carbocycles. The maximum Gasteiger partial charge on any atom is 0.152 e. The second kappa shape index (κ2) is 5.78. The summed E-state index contributed by atoms with van der Waals surface area (Å²) in [6.07, 6.45) is 0.984. The number of aromatic nitrogens is 2. The Bertz CT molecular complexity index is 543. The summed E-state index contributed by atoms with van der Waals surface area (Å²) in [5.74, 6) is 1.47. The summed E-state index contributed by atoms with van der Waals surface area (Å²) < 4.78 is 2.08. The van der Waals surface area contributed by atoms with Crippen LogP contribution in [0.4, 0.5) is 17.2 Å². The lowest BCUT2D eigenvalue weighted by Crippen LogP contribution is -2.09. The summed E-state index contributed by atoms with van der Waals surface area (Å²) in [5, 5.41) is 7.91. The maximum absolute atomic E-state index is 5.77. The first kappa shape index (κ1) is 13.5. The minimum absolute atomic E-state index is 0.588. The molecule has 2 aromatic rings. The van der Waals surface area contributed by atoms with Gasteiger partial charge in [0, 0.05) is 29.7 Å². The van der Waals surface area contributed by atoms with E-state index in [4.69, 9.17) is 5.73 Å². The van der Waals surface area contributed by atoms with E-state index in [-0.39, 0.29) is 0 Å². The molecule has 0 atom stereocenters. The molecule has 1 heterocycles. The molecule has 19 heavy (non-hydrogen) atoms. The van der Waals surface area contributed by atoms with E-state index in [9.17, 15) is 0 Å². The Morgan fingerprint density at radius 3 is 2.74 bits per heavy atom. The number of nitrogens with two attached hydrogens (primary N) is 1. The van der Waals surface area contributed by atoms with E-state index in [0.29, 0.717) is 5.92 Å². The van der Waals surface area contributed by atoms with Crippen LogP contribution in [-0.2, 0) is 13.0 Å². The number of anilines is 3. The van der Waals surface area contributed by atoms with Gasteiger partial charge >= 0.3 is 0 Å². The van der Waals surface area contributed by atoms with Gasteiger partial charge in [0.1, 0.15) is 0 Å². The molecule has 102 valence electrons. The van der Waals surface area contributed by atoms with Crippen LogP contribution in [0.5, 0.6) is 0 Å². The Balaban J connectivity index is 2.19. The first-order valence-corrected chi connectivity index (χ1v) is 6.77. The Morgan fingerprint density at radius 1 is 1.32 bits per heavy atom. The molecule has 1 aromatic carbocycles. The van der Waals surface area contributed by atoms with Gasteiger partial charge in [-0.25, -0.2) is 0 Å². The number of nitrogens with zero attached hydrogens (tertiary/aromatic N) is 2. The zero-order valence-electron chi connectivity index (χ0n) is 11.9. The molecule has 0 saturated carbocycles. The lowest BCUT2D eigenvalue weighted by atomic mass is 10.2. The van der Waals surface area contributed by atoms with Crippen molar-refractivity contribution in [3.05, 3.63) is 36.0 Å². The largest absolute Gasteiger partial charge is 0.399 e. The predicted molar refractivity (Wildman–Crippen MR) is 80.6 cm³/mol. The van der Waals surface area contributed by atoms with Gasteiger partial charge in [-0.15, -0.1) is 0 Å². The number of hydrogen-bond acceptors (Lipinski definition) is 3. The van der Waals surface area contributed by atoms with Crippen LogP contribution in [0.25, 0.3) is 0 Å². The molecule has 1 aromatic heterocycles. The molecule has 0 aliphatic rings. The molecule has 0 unspecified atom stereocenters. The van der Waals surface area contributed by atoms with Gasteiger partial charge in [0.05, 0.1) is 0 Å². The molecule has 0 spiro atoms. The summed E-state index contributed by atoms with van der Waals surface area (Å²) in [5.41, 5.74) is 8.75. The first-order valence-electron chi connectivity index (χ1n) is 6.77. The van der Waals surface area contributed by atoms with Crippen molar-refractivity contribution in [2.75, 3.05) is 11.1 Å². The van der Waals surface area contributed by atoms with Crippen LogP contribution in [0.1, 0.15) is 26.5 Å². The average Bonchev–Trinajstić information content (AvgIpc) is 2.70. The Hall–Kier alpha value is -1.97. The number of aryl methyl sites for hydroxylation is 1. The van der Waals surface area contributed by atoms with Crippen LogP contribution in [0.15, 0.2) is 30.3 Å². The molecule has 4 heteroatoms. The van der Waals surface area contributed by atoms with Crippen molar-refractivity contribution in [3.63, 3.8) is 0 Å². The Morgan fingerprint density at radius 2 is 2.11 bits per heavy atom. The lowest BCUT2D eigenvalue weighted by Gasteiger charge is -2.08. The van der Waals surface area contributed by atoms with E-state index in [2.05, 4.69) is 41.9 Å². The first-order chi connectivity index (χ1) is 9.08. The SMILES string of the molecule is CCc1cc(Nc2cccc(N)c2)nn1CC(C)C. The van der Waals surface area contributed by atoms with Crippen molar-refractivity contribution < 1.29 is 0 Å². The van der Waals surface area contributed by atoms with Gasteiger partial charge in [-0.05, 0) is 30.5 Å². The fraction of sp³-hybridized carbons (Fsp3) is 0.400. The molecule has 0 bridgehead atoms. The quantitative estimate of drug-likeness (QED) is 0.808. The van der Waals surface area contributed by atoms with Gasteiger partial charge in [-0.2, -0.15) is 5.10 Å². The van der Waals surface area contributed by atoms with Crippen LogP contribution >= 0.6 is 0 Å². The van der Waals surface area contributed by atoms with E-state index >= 15 is 0 Å². The van der Waals surface area contributed by atoms with Gasteiger partial charge in [0.25, 0.3) is 0 Å². The highest BCUT2D eigenvalue weighted by Crippen LogP contribution is 2.19. The molecular weight excluding hydrogens is 236 g/mol. The highest BCUT2D eigenvalue weighted by Gasteiger charge is 2.08. The zero-order valence-corrected chi connectivity index (χ0v) is 11.9. The Kier molecular flexibility index (Phi) is 4.10. The van der Waals surface area contributed by atoms with E-state index in [1.807, 2.05) is 24.3 Å². The van der Waals surface area contributed by atoms with E-state index < -0.39 is 0 Å². The fourth-order valence-electron chi connectivity index (χ4n) is 2.07. The molecule has 0 radical (unpaired) electrons. The van der Waals surface area contributed by atoms with Crippen molar-refractivity contribution in [1.29, 1.82) is 0 Å². The summed E-state index contributed by atoms with van der Waals surface area (Å²) >= 11 is 0. The summed E-state index contributed by atoms with van der Waals surface area (Å²) in [6.45, 7) is 7.50. The second-order valence-electron chi connectivity index (χ2n) is 5.20. The van der Waals surface area contributed by atoms with Crippen molar-refractivity contribution >= 4 is 17.2 Å². The van der Waals surface area contributed by atoms with Gasteiger partial charge < -0.3 is 11.1 Å². The van der Waals surface area contributed by atoms with Gasteiger partial charge in [-0.3, -0.25) is 4.68 Å². The molecule has 4 nitrogen and oxygen atoms in total. The molecule has 0 fully saturated rings. The van der Waals surface area contributed by atoms with E-state index in [1.54, 1.807) is 0 Å². The lowest BCUT2D eigenvalue weighted by molar-refractivity contribution is 0.471. The molecule has 0 saturated heterocycles. The third-order valence-electron chi connectivity index (χ3n) is 2.92. The molecule has 3 N–H and O–H groups in total. The van der Waals surface area contributed by atoms with Crippen LogP contribution in [0.3, 0.4) is 0 Å². The fourth-order valence-corrected chi connectivity index (χ4v) is 2.07. The third-order valence-corrected chi connectivity index (χ3v) is 2.92. The second-order valence-corrected chi connectivity index (χ2v) is 5.20. The molecule has 2 rings (SSSR count). The topological polar surface area (TPSA) is 55.9 Å². The van der Waals surface area contributed by atoms with Gasteiger partial charge in [-0.1, -0.05) is 26.8 Å². The predicted octanol–water partition coefficient (Wildman–Crippen LogP) is 3.43. The van der Waals surface area contributed by atoms with Gasteiger partial charge in [0.2, 0.25) is 0 Å². The van der Waals surface area contributed by atoms with Crippen molar-refractivity contribution in [1.82, 2.24) is 9.78 Å². The normalized spacial score (nSPS) is 10.9. The zero-order chi connectivity index (χ0) is 13.8. The van der Waals surface area contributed by atoms with Crippen molar-refractivity contribution in [3.8, 4) is 0 Å². The van der Waals surface area contributed by atoms with E-state index in [1.165, 1.54) is 5.69 Å². The highest BCUT2D eigenvalue weighted by atomic mass is 15.3. The highest BCUT2D eigenvalue weighted by molar-refractivity contribution is 5.61. The van der Waals surface area contributed by atoms with Crippen molar-refractivity contribution in [2.24, 2.45) is 5.92 Å². The number of nitrogen functional groups attached to an aromatic ring is 1.